The number of hydrogen-bond donors (Lipinski definition) is 1. The molecule has 2 heterocycles. The Morgan fingerprint density at radius 3 is 2.39 bits per heavy atom. The zero-order chi connectivity index (χ0) is 20.5. The maximum Gasteiger partial charge on any atom is 0.416 e. The van der Waals surface area contributed by atoms with E-state index in [1.165, 1.54) is 12.1 Å². The molecule has 3 aromatic rings. The minimum atomic E-state index is -4.39. The molecule has 3 rings (SSSR count). The standard InChI is InChI=1S/C20H20F3N3O2/c1-19(2,3)28-18(27)24-12-15-16-6-4-5-11-26(16)17(25-15)13-7-9-14(10-8-13)20(21,22)23/h4-11H,12H2,1-3H3,(H,24,27). The third-order valence-electron chi connectivity index (χ3n) is 3.89. The Labute approximate surface area is 160 Å². The Kier molecular flexibility index (Phi) is 5.06. The van der Waals surface area contributed by atoms with Gasteiger partial charge in [0.25, 0.3) is 0 Å². The van der Waals surface area contributed by atoms with E-state index in [4.69, 9.17) is 4.74 Å². The molecule has 148 valence electrons. The smallest absolute Gasteiger partial charge is 0.416 e. The van der Waals surface area contributed by atoms with Crippen molar-refractivity contribution in [2.45, 2.75) is 39.1 Å². The molecule has 0 aliphatic heterocycles. The molecule has 0 saturated heterocycles. The summed E-state index contributed by atoms with van der Waals surface area (Å²) in [7, 11) is 0. The third-order valence-corrected chi connectivity index (χ3v) is 3.89. The number of nitrogens with one attached hydrogen (secondary N) is 1. The molecule has 0 bridgehead atoms. The first-order valence-electron chi connectivity index (χ1n) is 8.65. The van der Waals surface area contributed by atoms with E-state index in [-0.39, 0.29) is 6.54 Å². The number of alkyl halides is 3. The Bertz CT molecular complexity index is 987. The first-order chi connectivity index (χ1) is 13.0. The molecule has 1 amide bonds. The van der Waals surface area contributed by atoms with Crippen LogP contribution in [-0.4, -0.2) is 21.1 Å². The third kappa shape index (κ3) is 4.44. The quantitative estimate of drug-likeness (QED) is 0.680. The van der Waals surface area contributed by atoms with Gasteiger partial charge in [-0.05, 0) is 45.0 Å². The second-order valence-corrected chi connectivity index (χ2v) is 7.27. The van der Waals surface area contributed by atoms with Crippen molar-refractivity contribution >= 4 is 11.6 Å². The number of alkyl carbamates (subject to hydrolysis) is 1. The van der Waals surface area contributed by atoms with E-state index in [0.717, 1.165) is 17.6 Å². The van der Waals surface area contributed by atoms with Crippen molar-refractivity contribution in [2.24, 2.45) is 0 Å². The highest BCUT2D eigenvalue weighted by Gasteiger charge is 2.30. The number of amides is 1. The van der Waals surface area contributed by atoms with Gasteiger partial charge >= 0.3 is 12.3 Å². The number of fused-ring (bicyclic) bond motifs is 1. The molecule has 8 heteroatoms. The molecule has 28 heavy (non-hydrogen) atoms. The fourth-order valence-electron chi connectivity index (χ4n) is 2.71. The van der Waals surface area contributed by atoms with E-state index in [1.54, 1.807) is 37.4 Å². The summed E-state index contributed by atoms with van der Waals surface area (Å²) in [5, 5.41) is 2.66. The normalized spacial score (nSPS) is 12.2. The average Bonchev–Trinajstić information content (AvgIpc) is 2.97. The van der Waals surface area contributed by atoms with E-state index < -0.39 is 23.4 Å². The van der Waals surface area contributed by atoms with Crippen LogP contribution < -0.4 is 5.32 Å². The Morgan fingerprint density at radius 2 is 1.79 bits per heavy atom. The summed E-state index contributed by atoms with van der Waals surface area (Å²) >= 11 is 0. The molecule has 0 fully saturated rings. The van der Waals surface area contributed by atoms with Gasteiger partial charge in [-0.15, -0.1) is 0 Å². The van der Waals surface area contributed by atoms with Gasteiger partial charge in [0.05, 0.1) is 23.3 Å². The molecule has 0 radical (unpaired) electrons. The SMILES string of the molecule is CC(C)(C)OC(=O)NCc1nc(-c2ccc(C(F)(F)F)cc2)n2ccccc12. The van der Waals surface area contributed by atoms with Gasteiger partial charge in [-0.2, -0.15) is 13.2 Å². The minimum Gasteiger partial charge on any atom is -0.444 e. The molecule has 0 saturated carbocycles. The second kappa shape index (κ2) is 7.18. The number of imidazole rings is 1. The number of carbonyl (C=O) groups is 1. The number of aromatic nitrogens is 2. The van der Waals surface area contributed by atoms with Crippen molar-refractivity contribution in [2.75, 3.05) is 0 Å². The van der Waals surface area contributed by atoms with E-state index in [9.17, 15) is 18.0 Å². The molecule has 2 aromatic heterocycles. The Balaban J connectivity index is 1.90. The molecule has 0 unspecified atom stereocenters. The van der Waals surface area contributed by atoms with Gasteiger partial charge < -0.3 is 10.1 Å². The number of carbonyl (C=O) groups excluding carboxylic acids is 1. The lowest BCUT2D eigenvalue weighted by Crippen LogP contribution is -2.32. The number of nitrogens with zero attached hydrogens (tertiary/aromatic N) is 2. The van der Waals surface area contributed by atoms with Crippen LogP contribution in [0.25, 0.3) is 16.9 Å². The molecule has 0 atom stereocenters. The van der Waals surface area contributed by atoms with Crippen LogP contribution in [0.3, 0.4) is 0 Å². The van der Waals surface area contributed by atoms with Gasteiger partial charge in [0, 0.05) is 11.8 Å². The first kappa shape index (κ1) is 19.7. The van der Waals surface area contributed by atoms with Crippen LogP contribution in [0.15, 0.2) is 48.7 Å². The summed E-state index contributed by atoms with van der Waals surface area (Å²) in [6, 6.07) is 10.3. The average molecular weight is 391 g/mol. The zero-order valence-corrected chi connectivity index (χ0v) is 15.7. The van der Waals surface area contributed by atoms with Crippen LogP contribution in [0, 0.1) is 0 Å². The van der Waals surface area contributed by atoms with Crippen molar-refractivity contribution in [3.8, 4) is 11.4 Å². The minimum absolute atomic E-state index is 0.128. The number of ether oxygens (including phenoxy) is 1. The van der Waals surface area contributed by atoms with Crippen LogP contribution in [-0.2, 0) is 17.5 Å². The summed E-state index contributed by atoms with van der Waals surface area (Å²) in [4.78, 5) is 16.4. The predicted octanol–water partition coefficient (Wildman–Crippen LogP) is 5.04. The largest absolute Gasteiger partial charge is 0.444 e. The lowest BCUT2D eigenvalue weighted by Gasteiger charge is -2.19. The van der Waals surface area contributed by atoms with E-state index >= 15 is 0 Å². The molecular weight excluding hydrogens is 371 g/mol. The number of hydrogen-bond acceptors (Lipinski definition) is 3. The fraction of sp³-hybridized carbons (Fsp3) is 0.300. The molecular formula is C20H20F3N3O2. The van der Waals surface area contributed by atoms with E-state index in [2.05, 4.69) is 10.3 Å². The van der Waals surface area contributed by atoms with Crippen LogP contribution in [0.1, 0.15) is 32.0 Å². The Morgan fingerprint density at radius 1 is 1.11 bits per heavy atom. The lowest BCUT2D eigenvalue weighted by atomic mass is 10.1. The van der Waals surface area contributed by atoms with Gasteiger partial charge in [-0.3, -0.25) is 4.40 Å². The van der Waals surface area contributed by atoms with Crippen LogP contribution in [0.5, 0.6) is 0 Å². The van der Waals surface area contributed by atoms with Gasteiger partial charge in [-0.25, -0.2) is 9.78 Å². The molecule has 0 spiro atoms. The van der Waals surface area contributed by atoms with E-state index in [0.29, 0.717) is 17.1 Å². The summed E-state index contributed by atoms with van der Waals surface area (Å²) < 4.78 is 45.4. The summed E-state index contributed by atoms with van der Waals surface area (Å²) in [6.45, 7) is 5.42. The highest BCUT2D eigenvalue weighted by Crippen LogP contribution is 2.31. The number of rotatable bonds is 3. The highest BCUT2D eigenvalue weighted by molar-refractivity contribution is 5.69. The van der Waals surface area contributed by atoms with Gasteiger partial charge in [0.15, 0.2) is 0 Å². The molecule has 1 aromatic carbocycles. The second-order valence-electron chi connectivity index (χ2n) is 7.27. The van der Waals surface area contributed by atoms with Crippen molar-refractivity contribution < 1.29 is 22.7 Å². The fourth-order valence-corrected chi connectivity index (χ4v) is 2.71. The maximum atomic E-state index is 12.8. The molecule has 0 aliphatic carbocycles. The van der Waals surface area contributed by atoms with Gasteiger partial charge in [-0.1, -0.05) is 18.2 Å². The van der Waals surface area contributed by atoms with Crippen LogP contribution in [0.2, 0.25) is 0 Å². The van der Waals surface area contributed by atoms with Crippen molar-refractivity contribution in [3.63, 3.8) is 0 Å². The monoisotopic (exact) mass is 391 g/mol. The summed E-state index contributed by atoms with van der Waals surface area (Å²) in [5.74, 6) is 0.491. The first-order valence-corrected chi connectivity index (χ1v) is 8.65. The van der Waals surface area contributed by atoms with Crippen molar-refractivity contribution in [1.82, 2.24) is 14.7 Å². The number of halogens is 3. The molecule has 1 N–H and O–H groups in total. The van der Waals surface area contributed by atoms with Crippen LogP contribution >= 0.6 is 0 Å². The van der Waals surface area contributed by atoms with E-state index in [1.807, 2.05) is 12.1 Å². The predicted molar refractivity (Wildman–Crippen MR) is 98.7 cm³/mol. The van der Waals surface area contributed by atoms with Gasteiger partial charge in [0.2, 0.25) is 0 Å². The number of pyridine rings is 1. The van der Waals surface area contributed by atoms with Gasteiger partial charge in [0.1, 0.15) is 11.4 Å². The van der Waals surface area contributed by atoms with Crippen molar-refractivity contribution in [3.05, 3.63) is 59.9 Å². The van der Waals surface area contributed by atoms with Crippen LogP contribution in [0.4, 0.5) is 18.0 Å². The molecule has 5 nitrogen and oxygen atoms in total. The van der Waals surface area contributed by atoms with Crippen molar-refractivity contribution in [1.29, 1.82) is 0 Å². The number of benzene rings is 1. The zero-order valence-electron chi connectivity index (χ0n) is 15.7. The Hall–Kier alpha value is -3.03. The summed E-state index contributed by atoms with van der Waals surface area (Å²) in [6.07, 6.45) is -3.19. The molecule has 0 aliphatic rings. The lowest BCUT2D eigenvalue weighted by molar-refractivity contribution is -0.137. The maximum absolute atomic E-state index is 12.8. The summed E-state index contributed by atoms with van der Waals surface area (Å²) in [5.41, 5.74) is 0.530. The topological polar surface area (TPSA) is 55.6 Å². The highest BCUT2D eigenvalue weighted by atomic mass is 19.4.